The lowest BCUT2D eigenvalue weighted by Crippen LogP contribution is -2.40. The van der Waals surface area contributed by atoms with E-state index in [2.05, 4.69) is 9.74 Å². The van der Waals surface area contributed by atoms with Crippen LogP contribution in [0.4, 0.5) is 16.0 Å². The monoisotopic (exact) mass is 453 g/mol. The van der Waals surface area contributed by atoms with Crippen molar-refractivity contribution in [1.82, 2.24) is 9.97 Å². The Hall–Kier alpha value is -4.02. The van der Waals surface area contributed by atoms with Gasteiger partial charge >= 0.3 is 0 Å². The van der Waals surface area contributed by atoms with E-state index in [4.69, 9.17) is 27.0 Å². The van der Waals surface area contributed by atoms with E-state index >= 15 is 0 Å². The maximum Gasteiger partial charge on any atom is 0.226 e. The third-order valence-corrected chi connectivity index (χ3v) is 6.26. The minimum absolute atomic E-state index is 0.208. The van der Waals surface area contributed by atoms with Gasteiger partial charge in [0.2, 0.25) is 5.95 Å². The van der Waals surface area contributed by atoms with Gasteiger partial charge in [-0.2, -0.15) is 0 Å². The van der Waals surface area contributed by atoms with Crippen molar-refractivity contribution in [2.75, 3.05) is 25.1 Å². The first-order chi connectivity index (χ1) is 16.6. The molecule has 5 rings (SSSR count). The molecule has 3 aromatic carbocycles. The topological polar surface area (TPSA) is 68.6 Å². The molecule has 0 spiro atoms. The lowest BCUT2D eigenvalue weighted by Gasteiger charge is -2.30. The van der Waals surface area contributed by atoms with E-state index in [1.54, 1.807) is 18.2 Å². The minimum Gasteiger partial charge on any atom is -0.494 e. The second kappa shape index (κ2) is 9.08. The summed E-state index contributed by atoms with van der Waals surface area (Å²) >= 11 is 0. The number of ether oxygens (including phenoxy) is 1. The van der Waals surface area contributed by atoms with Crippen molar-refractivity contribution in [1.29, 1.82) is 0 Å². The molecule has 1 aromatic heterocycles. The van der Waals surface area contributed by atoms with E-state index in [1.807, 2.05) is 36.4 Å². The van der Waals surface area contributed by atoms with Gasteiger partial charge < -0.3 is 15.4 Å². The molecule has 0 aliphatic carbocycles. The molecule has 1 aliphatic heterocycles. The Morgan fingerprint density at radius 1 is 0.971 bits per heavy atom. The quantitative estimate of drug-likeness (QED) is 0.408. The molecule has 0 radical (unpaired) electrons. The van der Waals surface area contributed by atoms with Crippen molar-refractivity contribution in [3.8, 4) is 28.1 Å². The number of piperidine rings is 1. The van der Waals surface area contributed by atoms with Crippen molar-refractivity contribution in [2.45, 2.75) is 18.9 Å². The van der Waals surface area contributed by atoms with Gasteiger partial charge in [-0.15, -0.1) is 0 Å². The summed E-state index contributed by atoms with van der Waals surface area (Å²) in [7, 11) is 1.45. The fourth-order valence-electron chi connectivity index (χ4n) is 4.30. The second-order valence-corrected chi connectivity index (χ2v) is 8.44. The molecule has 0 amide bonds. The number of aromatic nitrogens is 2. The maximum atomic E-state index is 14.4. The normalized spacial score (nSPS) is 14.2. The Bertz CT molecular complexity index is 1390. The highest BCUT2D eigenvalue weighted by Crippen LogP contribution is 2.34. The number of benzene rings is 3. The summed E-state index contributed by atoms with van der Waals surface area (Å²) in [5.41, 5.74) is 10.7. The van der Waals surface area contributed by atoms with Gasteiger partial charge in [-0.3, -0.25) is 0 Å². The number of hydrogen-bond donors (Lipinski definition) is 1. The average Bonchev–Trinajstić information content (AvgIpc) is 2.88. The van der Waals surface area contributed by atoms with E-state index in [-0.39, 0.29) is 11.8 Å². The fraction of sp³-hybridized carbons (Fsp3) is 0.222. The van der Waals surface area contributed by atoms with Crippen molar-refractivity contribution < 1.29 is 9.13 Å². The Kier molecular flexibility index (Phi) is 5.83. The first kappa shape index (κ1) is 21.8. The standard InChI is InChI=1S/C27H24FN5O/c1-30-21-7-3-17(4-8-21)26-22-15-18(19-6-10-25(34-2)23(28)16-19)5-9-24(22)31-27(32-26)33-13-11-20(29)12-14-33/h3-10,15-16,20H,11-14,29H2,2H3. The van der Waals surface area contributed by atoms with Crippen LogP contribution in [0, 0.1) is 12.4 Å². The highest BCUT2D eigenvalue weighted by molar-refractivity contribution is 5.96. The molecule has 2 heterocycles. The average molecular weight is 454 g/mol. The predicted molar refractivity (Wildman–Crippen MR) is 133 cm³/mol. The zero-order valence-corrected chi connectivity index (χ0v) is 18.8. The summed E-state index contributed by atoms with van der Waals surface area (Å²) in [5.74, 6) is 0.469. The van der Waals surface area contributed by atoms with Gasteiger partial charge in [-0.1, -0.05) is 36.4 Å². The molecule has 7 heteroatoms. The number of nitrogens with two attached hydrogens (primary N) is 1. The summed E-state index contributed by atoms with van der Waals surface area (Å²) in [6, 6.07) is 18.4. The van der Waals surface area contributed by atoms with E-state index in [0.29, 0.717) is 11.6 Å². The molecule has 170 valence electrons. The predicted octanol–water partition coefficient (Wildman–Crippen LogP) is 5.59. The van der Waals surface area contributed by atoms with E-state index in [9.17, 15) is 4.39 Å². The molecule has 1 aliphatic rings. The zero-order valence-electron chi connectivity index (χ0n) is 18.8. The molecule has 0 unspecified atom stereocenters. The smallest absolute Gasteiger partial charge is 0.226 e. The van der Waals surface area contributed by atoms with Gasteiger partial charge in [-0.05, 0) is 53.8 Å². The van der Waals surface area contributed by atoms with Crippen LogP contribution < -0.4 is 15.4 Å². The zero-order chi connectivity index (χ0) is 23.7. The molecule has 6 nitrogen and oxygen atoms in total. The van der Waals surface area contributed by atoms with Crippen LogP contribution in [0.5, 0.6) is 5.75 Å². The van der Waals surface area contributed by atoms with Crippen LogP contribution in [0.2, 0.25) is 0 Å². The van der Waals surface area contributed by atoms with Crippen LogP contribution in [0.25, 0.3) is 38.1 Å². The number of anilines is 1. The van der Waals surface area contributed by atoms with Crippen LogP contribution in [0.3, 0.4) is 0 Å². The van der Waals surface area contributed by atoms with Crippen LogP contribution >= 0.6 is 0 Å². The van der Waals surface area contributed by atoms with E-state index in [0.717, 1.165) is 59.2 Å². The van der Waals surface area contributed by atoms with E-state index in [1.165, 1.54) is 13.2 Å². The van der Waals surface area contributed by atoms with Crippen molar-refractivity contribution in [2.24, 2.45) is 5.73 Å². The molecule has 0 saturated carbocycles. The molecule has 2 N–H and O–H groups in total. The van der Waals surface area contributed by atoms with Crippen molar-refractivity contribution >= 4 is 22.5 Å². The number of fused-ring (bicyclic) bond motifs is 1. The maximum absolute atomic E-state index is 14.4. The number of nitrogens with zero attached hydrogens (tertiary/aromatic N) is 4. The highest BCUT2D eigenvalue weighted by Gasteiger charge is 2.21. The lowest BCUT2D eigenvalue weighted by molar-refractivity contribution is 0.386. The minimum atomic E-state index is -0.412. The fourth-order valence-corrected chi connectivity index (χ4v) is 4.30. The van der Waals surface area contributed by atoms with Crippen molar-refractivity contribution in [3.05, 3.63) is 77.9 Å². The molecule has 34 heavy (non-hydrogen) atoms. The first-order valence-corrected chi connectivity index (χ1v) is 11.2. The van der Waals surface area contributed by atoms with Gasteiger partial charge in [0.15, 0.2) is 17.3 Å². The molecule has 1 fully saturated rings. The van der Waals surface area contributed by atoms with Gasteiger partial charge in [0.05, 0.1) is 24.9 Å². The Labute approximate surface area is 197 Å². The van der Waals surface area contributed by atoms with Gasteiger partial charge in [0.1, 0.15) is 0 Å². The first-order valence-electron chi connectivity index (χ1n) is 11.2. The number of hydrogen-bond acceptors (Lipinski definition) is 5. The Morgan fingerprint density at radius 3 is 2.32 bits per heavy atom. The third-order valence-electron chi connectivity index (χ3n) is 6.26. The Balaban J connectivity index is 1.65. The Morgan fingerprint density at radius 2 is 1.65 bits per heavy atom. The summed E-state index contributed by atoms with van der Waals surface area (Å²) in [6.45, 7) is 8.87. The lowest BCUT2D eigenvalue weighted by atomic mass is 10.00. The molecular weight excluding hydrogens is 429 g/mol. The van der Waals surface area contributed by atoms with Crippen LogP contribution in [-0.2, 0) is 0 Å². The largest absolute Gasteiger partial charge is 0.494 e. The SMILES string of the molecule is [C-]#[N+]c1ccc(-c2nc(N3CCC(N)CC3)nc3ccc(-c4ccc(OC)c(F)c4)cc23)cc1. The summed E-state index contributed by atoms with van der Waals surface area (Å²) < 4.78 is 19.4. The molecule has 0 atom stereocenters. The van der Waals surface area contributed by atoms with Crippen LogP contribution in [0.1, 0.15) is 12.8 Å². The molecule has 4 aromatic rings. The summed E-state index contributed by atoms with van der Waals surface area (Å²) in [5, 5.41) is 0.863. The van der Waals surface area contributed by atoms with Gasteiger partial charge in [-0.25, -0.2) is 19.2 Å². The molecular formula is C27H24FN5O. The number of methoxy groups -OCH3 is 1. The van der Waals surface area contributed by atoms with Gasteiger partial charge in [0.25, 0.3) is 0 Å². The second-order valence-electron chi connectivity index (χ2n) is 8.44. The van der Waals surface area contributed by atoms with Crippen LogP contribution in [-0.4, -0.2) is 36.2 Å². The van der Waals surface area contributed by atoms with E-state index < -0.39 is 5.82 Å². The van der Waals surface area contributed by atoms with Crippen molar-refractivity contribution in [3.63, 3.8) is 0 Å². The summed E-state index contributed by atoms with van der Waals surface area (Å²) in [4.78, 5) is 15.5. The number of halogens is 1. The number of rotatable bonds is 4. The molecule has 0 bridgehead atoms. The molecule has 1 saturated heterocycles. The highest BCUT2D eigenvalue weighted by atomic mass is 19.1. The van der Waals surface area contributed by atoms with Crippen LogP contribution in [0.15, 0.2) is 60.7 Å². The third kappa shape index (κ3) is 4.16. The summed E-state index contributed by atoms with van der Waals surface area (Å²) in [6.07, 6.45) is 1.80. The van der Waals surface area contributed by atoms with Gasteiger partial charge in [0, 0.05) is 24.5 Å².